The molecule has 4 aromatic rings. The van der Waals surface area contributed by atoms with Crippen LogP contribution in [-0.2, 0) is 32.8 Å². The first kappa shape index (κ1) is 36.1. The molecule has 0 amide bonds. The van der Waals surface area contributed by atoms with Gasteiger partial charge in [-0.3, -0.25) is 9.88 Å². The number of pyridine rings is 1. The van der Waals surface area contributed by atoms with Crippen LogP contribution in [0, 0.1) is 5.92 Å². The number of carbonyl (C=O) groups excluding carboxylic acids is 2. The van der Waals surface area contributed by atoms with Crippen molar-refractivity contribution < 1.29 is 33.6 Å². The maximum Gasteiger partial charge on any atom is 0.348 e. The Balaban J connectivity index is 1.14. The lowest BCUT2D eigenvalue weighted by Gasteiger charge is -2.44. The van der Waals surface area contributed by atoms with Gasteiger partial charge in [0.25, 0.3) is 0 Å². The number of benzene rings is 2. The fraction of sp³-hybridized carbons (Fsp3) is 0.378. The Morgan fingerprint density at radius 3 is 2.40 bits per heavy atom. The number of esters is 2. The summed E-state index contributed by atoms with van der Waals surface area (Å²) in [4.78, 5) is 34.7. The second kappa shape index (κ2) is 16.1. The molecule has 50 heavy (non-hydrogen) atoms. The van der Waals surface area contributed by atoms with E-state index >= 15 is 0 Å². The molecule has 264 valence electrons. The lowest BCUT2D eigenvalue weighted by atomic mass is 9.85. The third kappa shape index (κ3) is 8.09. The van der Waals surface area contributed by atoms with Crippen LogP contribution in [-0.4, -0.2) is 73.4 Å². The van der Waals surface area contributed by atoms with E-state index in [4.69, 9.17) is 42.1 Å². The van der Waals surface area contributed by atoms with Crippen LogP contribution in [0.25, 0.3) is 0 Å². The number of hydrogen-bond acceptors (Lipinski definition) is 11. The van der Waals surface area contributed by atoms with Gasteiger partial charge in [-0.15, -0.1) is 11.3 Å². The molecule has 0 aliphatic carbocycles. The summed E-state index contributed by atoms with van der Waals surface area (Å²) in [5.41, 5.74) is -0.201. The maximum absolute atomic E-state index is 13.6. The van der Waals surface area contributed by atoms with Crippen LogP contribution < -0.4 is 14.8 Å². The Morgan fingerprint density at radius 1 is 1.02 bits per heavy atom. The number of rotatable bonds is 14. The van der Waals surface area contributed by atoms with E-state index in [1.54, 1.807) is 55.6 Å². The van der Waals surface area contributed by atoms with Gasteiger partial charge in [-0.1, -0.05) is 59.6 Å². The van der Waals surface area contributed by atoms with E-state index in [9.17, 15) is 14.7 Å². The molecule has 0 radical (unpaired) electrons. The molecule has 0 saturated carbocycles. The molecule has 7 rings (SSSR count). The smallest absolute Gasteiger partial charge is 0.348 e. The van der Waals surface area contributed by atoms with Crippen LogP contribution >= 0.6 is 34.5 Å². The molecule has 2 bridgehead atoms. The van der Waals surface area contributed by atoms with Gasteiger partial charge in [-0.2, -0.15) is 0 Å². The van der Waals surface area contributed by atoms with Gasteiger partial charge < -0.3 is 29.4 Å². The quantitative estimate of drug-likeness (QED) is 0.144. The molecule has 3 aliphatic rings. The highest BCUT2D eigenvalue weighted by molar-refractivity contribution is 7.13. The monoisotopic (exact) mass is 739 g/mol. The number of nitrogens with zero attached hydrogens (tertiary/aromatic N) is 2. The van der Waals surface area contributed by atoms with Crippen LogP contribution in [0.2, 0.25) is 10.0 Å². The van der Waals surface area contributed by atoms with Gasteiger partial charge in [0, 0.05) is 43.3 Å². The van der Waals surface area contributed by atoms with Crippen LogP contribution in [0.5, 0.6) is 11.5 Å². The number of nitrogens with one attached hydrogen (secondary N) is 1. The average molecular weight is 741 g/mol. The molecule has 2 aromatic carbocycles. The summed E-state index contributed by atoms with van der Waals surface area (Å²) in [5.74, 6) is 0.116. The molecule has 3 aliphatic heterocycles. The Bertz CT molecular complexity index is 1780. The van der Waals surface area contributed by atoms with Crippen molar-refractivity contribution in [2.24, 2.45) is 5.92 Å². The zero-order valence-corrected chi connectivity index (χ0v) is 30.1. The lowest BCUT2D eigenvalue weighted by Crippen LogP contribution is -2.54. The van der Waals surface area contributed by atoms with Gasteiger partial charge in [-0.25, -0.2) is 9.59 Å². The minimum Gasteiger partial charge on any atom is -0.493 e. The van der Waals surface area contributed by atoms with E-state index < -0.39 is 23.6 Å². The van der Waals surface area contributed by atoms with E-state index in [1.807, 2.05) is 12.1 Å². The third-order valence-corrected chi connectivity index (χ3v) is 11.1. The third-order valence-electron chi connectivity index (χ3n) is 9.36. The summed E-state index contributed by atoms with van der Waals surface area (Å²) in [6.07, 6.45) is 4.14. The Hall–Kier alpha value is -3.71. The summed E-state index contributed by atoms with van der Waals surface area (Å²) in [6.45, 7) is 2.94. The zero-order valence-electron chi connectivity index (χ0n) is 27.8. The number of hydrogen-bond donors (Lipinski definition) is 2. The zero-order chi connectivity index (χ0) is 35.3. The van der Waals surface area contributed by atoms with Gasteiger partial charge in [-0.05, 0) is 72.8 Å². The number of methoxy groups -OCH3 is 2. The van der Waals surface area contributed by atoms with Gasteiger partial charge >= 0.3 is 11.9 Å². The predicted octanol–water partition coefficient (Wildman–Crippen LogP) is 6.22. The molecule has 3 fully saturated rings. The molecular weight excluding hydrogens is 701 g/mol. The summed E-state index contributed by atoms with van der Waals surface area (Å²) in [6, 6.07) is 17.6. The highest BCUT2D eigenvalue weighted by atomic mass is 35.5. The number of halogens is 2. The highest BCUT2D eigenvalue weighted by Gasteiger charge is 2.44. The Labute approximate surface area is 305 Å². The molecule has 5 heterocycles. The van der Waals surface area contributed by atoms with Crippen LogP contribution in [0.15, 0.2) is 73.1 Å². The predicted molar refractivity (Wildman–Crippen MR) is 191 cm³/mol. The molecule has 3 saturated heterocycles. The molecule has 2 N–H and O–H groups in total. The molecule has 13 heteroatoms. The maximum atomic E-state index is 13.6. The van der Waals surface area contributed by atoms with Crippen molar-refractivity contribution in [3.8, 4) is 11.5 Å². The first-order chi connectivity index (χ1) is 24.2. The Morgan fingerprint density at radius 2 is 1.74 bits per heavy atom. The van der Waals surface area contributed by atoms with Crippen molar-refractivity contribution in [1.29, 1.82) is 0 Å². The number of fused-ring (bicyclic) bond motifs is 3. The molecule has 0 spiro atoms. The lowest BCUT2D eigenvalue weighted by molar-refractivity contribution is -0.181. The highest BCUT2D eigenvalue weighted by Crippen LogP contribution is 2.36. The van der Waals surface area contributed by atoms with Crippen LogP contribution in [0.3, 0.4) is 0 Å². The summed E-state index contributed by atoms with van der Waals surface area (Å²) in [5, 5.41) is 15.7. The van der Waals surface area contributed by atoms with Gasteiger partial charge in [0.1, 0.15) is 17.1 Å². The van der Waals surface area contributed by atoms with Crippen LogP contribution in [0.1, 0.15) is 50.2 Å². The van der Waals surface area contributed by atoms with E-state index in [1.165, 1.54) is 30.8 Å². The summed E-state index contributed by atoms with van der Waals surface area (Å²) >= 11 is 14.1. The van der Waals surface area contributed by atoms with Crippen molar-refractivity contribution >= 4 is 46.5 Å². The molecule has 2 aromatic heterocycles. The van der Waals surface area contributed by atoms with E-state index in [-0.39, 0.29) is 19.1 Å². The van der Waals surface area contributed by atoms with E-state index in [0.717, 1.165) is 30.8 Å². The number of piperidine rings is 3. The van der Waals surface area contributed by atoms with Crippen molar-refractivity contribution in [1.82, 2.24) is 15.2 Å². The first-order valence-corrected chi connectivity index (χ1v) is 18.0. The summed E-state index contributed by atoms with van der Waals surface area (Å²) in [7, 11) is 3.07. The van der Waals surface area contributed by atoms with Gasteiger partial charge in [0.05, 0.1) is 24.3 Å². The molecule has 1 unspecified atom stereocenters. The van der Waals surface area contributed by atoms with Crippen molar-refractivity contribution in [3.63, 3.8) is 0 Å². The van der Waals surface area contributed by atoms with Crippen molar-refractivity contribution in [2.75, 3.05) is 40.4 Å². The average Bonchev–Trinajstić information content (AvgIpc) is 3.62. The standard InChI is InChI=1S/C37H39Cl2N3O7S/c1-46-30-10-8-24(16-32(30)47-2)31(17-27-28(38)19-40-20-29(27)39)48-35(43)34-11-9-26(50-34)18-41-22-37(45,25-6-4-3-5-7-25)36(44)49-33-21-42-14-12-23(33)13-15-42/h3-11,16,19-20,23,31,33,41,45H,12-15,17-18,21-22H2,1-2H3/t31-,33-,37?/m0/s1. The minimum absolute atomic E-state index is 0.0799. The van der Waals surface area contributed by atoms with Crippen molar-refractivity contribution in [2.45, 2.75) is 43.6 Å². The van der Waals surface area contributed by atoms with Gasteiger partial charge in [0.15, 0.2) is 17.1 Å². The fourth-order valence-corrected chi connectivity index (χ4v) is 7.90. The number of aromatic nitrogens is 1. The van der Waals surface area contributed by atoms with E-state index in [2.05, 4.69) is 15.2 Å². The normalized spacial score (nSPS) is 20.1. The molecule has 10 nitrogen and oxygen atoms in total. The SMILES string of the molecule is COc1ccc([C@H](Cc2c(Cl)cncc2Cl)OC(=O)c2ccc(CNCC(O)(C(=O)O[C@H]3CN4CCC3CC4)c3ccccc3)s2)cc1OC. The first-order valence-electron chi connectivity index (χ1n) is 16.4. The second-order valence-corrected chi connectivity index (χ2v) is 14.5. The number of aliphatic hydroxyl groups is 1. The number of carbonyl (C=O) groups is 2. The van der Waals surface area contributed by atoms with Crippen LogP contribution in [0.4, 0.5) is 0 Å². The fourth-order valence-electron chi connectivity index (χ4n) is 6.52. The van der Waals surface area contributed by atoms with Gasteiger partial charge in [0.2, 0.25) is 0 Å². The minimum atomic E-state index is -1.89. The number of thiophene rings is 1. The number of ether oxygens (including phenoxy) is 4. The Kier molecular flexibility index (Phi) is 11.6. The van der Waals surface area contributed by atoms with E-state index in [0.29, 0.717) is 62.1 Å². The van der Waals surface area contributed by atoms with Crippen molar-refractivity contribution in [3.05, 3.63) is 110 Å². The largest absolute Gasteiger partial charge is 0.493 e. The summed E-state index contributed by atoms with van der Waals surface area (Å²) < 4.78 is 22.9. The molecule has 3 atom stereocenters. The second-order valence-electron chi connectivity index (χ2n) is 12.5. The molecular formula is C37H39Cl2N3O7S. The topological polar surface area (TPSA) is 119 Å².